The average molecular weight is 615 g/mol. The zero-order valence-electron chi connectivity index (χ0n) is 25.6. The molecule has 12 heteroatoms. The van der Waals surface area contributed by atoms with E-state index in [1.165, 1.54) is 12.0 Å². The molecule has 1 N–H and O–H groups in total. The lowest BCUT2D eigenvalue weighted by atomic mass is 9.85. The van der Waals surface area contributed by atoms with Crippen LogP contribution in [0.25, 0.3) is 11.0 Å². The fourth-order valence-corrected chi connectivity index (χ4v) is 7.25. The predicted molar refractivity (Wildman–Crippen MR) is 155 cm³/mol. The van der Waals surface area contributed by atoms with Gasteiger partial charge in [-0.3, -0.25) is 4.79 Å². The highest BCUT2D eigenvalue weighted by Gasteiger charge is 2.55. The van der Waals surface area contributed by atoms with Crippen molar-refractivity contribution in [3.8, 4) is 5.88 Å². The summed E-state index contributed by atoms with van der Waals surface area (Å²) in [5.41, 5.74) is -0.587. The van der Waals surface area contributed by atoms with Crippen LogP contribution in [0.2, 0.25) is 0 Å². The van der Waals surface area contributed by atoms with Gasteiger partial charge in [-0.1, -0.05) is 39.3 Å². The van der Waals surface area contributed by atoms with Crippen LogP contribution < -0.4 is 10.1 Å². The number of alkyl halides is 2. The van der Waals surface area contributed by atoms with E-state index in [1.54, 1.807) is 24.3 Å². The number of carbonyl (C=O) groups is 3. The van der Waals surface area contributed by atoms with E-state index in [2.05, 4.69) is 15.3 Å². The molecule has 3 heterocycles. The summed E-state index contributed by atoms with van der Waals surface area (Å²) in [5.74, 6) is -3.85. The maximum Gasteiger partial charge on any atom is 0.408 e. The number of benzene rings is 1. The highest BCUT2D eigenvalue weighted by molar-refractivity contribution is 5.91. The second-order valence-electron chi connectivity index (χ2n) is 13.8. The largest absolute Gasteiger partial charge is 0.471 e. The van der Waals surface area contributed by atoms with Crippen molar-refractivity contribution in [1.29, 1.82) is 0 Å². The number of alkyl carbamates (subject to hydrolysis) is 1. The van der Waals surface area contributed by atoms with E-state index in [1.807, 2.05) is 20.8 Å². The second-order valence-corrected chi connectivity index (χ2v) is 13.8. The van der Waals surface area contributed by atoms with Crippen molar-refractivity contribution in [2.45, 2.75) is 95.9 Å². The van der Waals surface area contributed by atoms with Crippen LogP contribution in [0.5, 0.6) is 5.88 Å². The third-order valence-electron chi connectivity index (χ3n) is 9.63. The topological polar surface area (TPSA) is 120 Å². The van der Waals surface area contributed by atoms with Gasteiger partial charge in [0, 0.05) is 12.8 Å². The normalized spacial score (nSPS) is 32.2. The molecule has 238 valence electrons. The molecule has 0 spiro atoms. The summed E-state index contributed by atoms with van der Waals surface area (Å²) < 4.78 is 48.8. The van der Waals surface area contributed by atoms with Gasteiger partial charge in [0.15, 0.2) is 5.69 Å². The van der Waals surface area contributed by atoms with Crippen molar-refractivity contribution in [3.63, 3.8) is 0 Å². The molecule has 2 aliphatic heterocycles. The molecular formula is C32H40F2N4O6. The van der Waals surface area contributed by atoms with E-state index in [0.29, 0.717) is 35.7 Å². The lowest BCUT2D eigenvalue weighted by Gasteiger charge is -2.35. The lowest BCUT2D eigenvalue weighted by Crippen LogP contribution is -2.57. The first-order valence-corrected chi connectivity index (χ1v) is 15.5. The number of amides is 2. The fraction of sp³-hybridized carbons (Fsp3) is 0.656. The molecule has 6 rings (SSSR count). The smallest absolute Gasteiger partial charge is 0.408 e. The quantitative estimate of drug-likeness (QED) is 0.447. The molecule has 7 atom stereocenters. The van der Waals surface area contributed by atoms with Gasteiger partial charge in [0.05, 0.1) is 24.7 Å². The number of nitrogens with one attached hydrogen (secondary N) is 1. The Labute approximate surface area is 255 Å². The van der Waals surface area contributed by atoms with Crippen molar-refractivity contribution >= 4 is 29.0 Å². The molecule has 1 aromatic heterocycles. The number of rotatable bonds is 1. The Hall–Kier alpha value is -3.57. The third-order valence-corrected chi connectivity index (χ3v) is 9.63. The monoisotopic (exact) mass is 614 g/mol. The van der Waals surface area contributed by atoms with E-state index >= 15 is 8.78 Å². The van der Waals surface area contributed by atoms with Crippen LogP contribution in [0.1, 0.15) is 71.4 Å². The number of halogens is 2. The van der Waals surface area contributed by atoms with Crippen LogP contribution in [0.4, 0.5) is 13.6 Å². The zero-order chi connectivity index (χ0) is 31.4. The Morgan fingerprint density at radius 2 is 1.77 bits per heavy atom. The summed E-state index contributed by atoms with van der Waals surface area (Å²) in [7, 11) is 1.22. The highest BCUT2D eigenvalue weighted by Crippen LogP contribution is 2.58. The van der Waals surface area contributed by atoms with Crippen molar-refractivity contribution in [2.24, 2.45) is 23.2 Å². The molecule has 4 aliphatic rings. The number of esters is 1. The van der Waals surface area contributed by atoms with Gasteiger partial charge in [0.2, 0.25) is 11.8 Å². The van der Waals surface area contributed by atoms with Gasteiger partial charge in [-0.25, -0.2) is 19.6 Å². The first kappa shape index (κ1) is 30.5. The minimum Gasteiger partial charge on any atom is -0.471 e. The third kappa shape index (κ3) is 5.91. The van der Waals surface area contributed by atoms with Gasteiger partial charge in [0.25, 0.3) is 5.92 Å². The Kier molecular flexibility index (Phi) is 7.90. The Morgan fingerprint density at radius 1 is 1.05 bits per heavy atom. The first-order valence-electron chi connectivity index (χ1n) is 15.5. The van der Waals surface area contributed by atoms with E-state index in [0.717, 1.165) is 12.8 Å². The molecule has 0 radical (unpaired) electrons. The molecule has 1 unspecified atom stereocenters. The second kappa shape index (κ2) is 11.4. The number of methoxy groups -OCH3 is 1. The van der Waals surface area contributed by atoms with Gasteiger partial charge in [-0.15, -0.1) is 0 Å². The Bertz CT molecular complexity index is 1450. The lowest BCUT2D eigenvalue weighted by molar-refractivity contribution is -0.152. The number of carbonyl (C=O) groups excluding carboxylic acids is 3. The molecule has 2 saturated carbocycles. The first-order chi connectivity index (χ1) is 20.9. The predicted octanol–water partition coefficient (Wildman–Crippen LogP) is 4.98. The van der Waals surface area contributed by atoms with Crippen molar-refractivity contribution < 1.29 is 37.4 Å². The average Bonchev–Trinajstić information content (AvgIpc) is 3.46. The Balaban J connectivity index is 1.38. The number of para-hydroxylation sites is 2. The molecule has 1 aromatic carbocycles. The van der Waals surface area contributed by atoms with Crippen LogP contribution in [-0.2, 0) is 25.0 Å². The van der Waals surface area contributed by atoms with Gasteiger partial charge in [-0.05, 0) is 61.0 Å². The number of aromatic nitrogens is 2. The number of nitrogens with zero attached hydrogens (tertiary/aromatic N) is 3. The maximum atomic E-state index is 15.9. The molecular weight excluding hydrogens is 574 g/mol. The summed E-state index contributed by atoms with van der Waals surface area (Å²) in [4.78, 5) is 50.2. The Morgan fingerprint density at radius 3 is 2.48 bits per heavy atom. The highest BCUT2D eigenvalue weighted by atomic mass is 19.3. The molecule has 10 nitrogen and oxygen atoms in total. The molecule has 1 saturated heterocycles. The van der Waals surface area contributed by atoms with Gasteiger partial charge in [0.1, 0.15) is 24.3 Å². The molecule has 2 aliphatic carbocycles. The standard InChI is InChI=1S/C32H40F2N4O6/c1-31(2,3)26-28(39)38-16-18(15-23(38)29(40)42-4)43-27-25(35-21-10-5-6-11-22(21)36-27)32(33,34)12-8-7-9-19-20-13-17(20)14-24(19)44-30(41)37-26/h5-6,10-11,17-20,23-24,26H,7-9,12-16H2,1-4H3,(H,37,41)/t17?,18-,19-,20+,23+,24-,26-/m1/s1. The van der Waals surface area contributed by atoms with Crippen molar-refractivity contribution in [1.82, 2.24) is 20.2 Å². The van der Waals surface area contributed by atoms with E-state index in [4.69, 9.17) is 14.2 Å². The molecule has 44 heavy (non-hydrogen) atoms. The van der Waals surface area contributed by atoms with Crippen LogP contribution in [0, 0.1) is 23.2 Å². The van der Waals surface area contributed by atoms with Crippen molar-refractivity contribution in [2.75, 3.05) is 13.7 Å². The van der Waals surface area contributed by atoms with E-state index < -0.39 is 59.6 Å². The summed E-state index contributed by atoms with van der Waals surface area (Å²) in [6.07, 6.45) is 0.912. The summed E-state index contributed by atoms with van der Waals surface area (Å²) >= 11 is 0. The molecule has 2 amide bonds. The van der Waals surface area contributed by atoms with Crippen LogP contribution >= 0.6 is 0 Å². The SMILES string of the molecule is COC(=O)[C@@H]1C[C@@H]2CN1C(=O)[C@H](C(C)(C)C)NC(=O)O[C@@H]1CC3C[C@@H]3[C@H]1CCCCC(F)(F)c1nc3ccccc3nc1O2. The molecule has 2 bridgehead atoms. The number of fused-ring (bicyclic) bond motifs is 7. The number of hydrogen-bond donors (Lipinski definition) is 1. The number of hydrogen-bond acceptors (Lipinski definition) is 8. The minimum atomic E-state index is -3.33. The molecule has 2 aromatic rings. The van der Waals surface area contributed by atoms with E-state index in [-0.39, 0.29) is 37.3 Å². The zero-order valence-corrected chi connectivity index (χ0v) is 25.6. The number of ether oxygens (including phenoxy) is 3. The van der Waals surface area contributed by atoms with Crippen LogP contribution in [-0.4, -0.2) is 70.8 Å². The van der Waals surface area contributed by atoms with Gasteiger partial charge >= 0.3 is 12.1 Å². The fourth-order valence-electron chi connectivity index (χ4n) is 7.25. The van der Waals surface area contributed by atoms with Crippen LogP contribution in [0.3, 0.4) is 0 Å². The summed E-state index contributed by atoms with van der Waals surface area (Å²) in [6.45, 7) is 5.33. The molecule has 3 fully saturated rings. The summed E-state index contributed by atoms with van der Waals surface area (Å²) in [5, 5.41) is 2.79. The maximum absolute atomic E-state index is 15.9. The minimum absolute atomic E-state index is 0.00816. The summed E-state index contributed by atoms with van der Waals surface area (Å²) in [6, 6.07) is 4.65. The van der Waals surface area contributed by atoms with Crippen molar-refractivity contribution in [3.05, 3.63) is 30.0 Å². The van der Waals surface area contributed by atoms with Gasteiger partial charge < -0.3 is 24.4 Å². The van der Waals surface area contributed by atoms with Crippen LogP contribution in [0.15, 0.2) is 24.3 Å². The van der Waals surface area contributed by atoms with E-state index in [9.17, 15) is 14.4 Å². The van der Waals surface area contributed by atoms with Gasteiger partial charge in [-0.2, -0.15) is 8.78 Å².